The van der Waals surface area contributed by atoms with Gasteiger partial charge in [0, 0.05) is 0 Å². The minimum atomic E-state index is -0.708. The molecule has 1 nitrogen and oxygen atoms in total. The third-order valence-corrected chi connectivity index (χ3v) is 3.68. The van der Waals surface area contributed by atoms with Crippen LogP contribution in [0, 0.1) is 33.5 Å². The summed E-state index contributed by atoms with van der Waals surface area (Å²) in [4.78, 5) is 0. The summed E-state index contributed by atoms with van der Waals surface area (Å²) in [5.41, 5.74) is 5.55. The van der Waals surface area contributed by atoms with Crippen LogP contribution in [0.15, 0.2) is 30.3 Å². The third kappa shape index (κ3) is 2.69. The number of aliphatic hydroxyl groups is 1. The zero-order chi connectivity index (χ0) is 14.2. The fraction of sp³-hybridized carbons (Fsp3) is 0.294. The molecule has 0 aliphatic rings. The van der Waals surface area contributed by atoms with Crippen LogP contribution in [-0.4, -0.2) is 5.11 Å². The molecule has 2 aromatic rings. The van der Waals surface area contributed by atoms with E-state index in [1.54, 1.807) is 0 Å². The maximum absolute atomic E-state index is 13.3. The summed E-state index contributed by atoms with van der Waals surface area (Å²) < 4.78 is 13.3. The van der Waals surface area contributed by atoms with Gasteiger partial charge < -0.3 is 5.11 Å². The van der Waals surface area contributed by atoms with Crippen LogP contribution in [0.4, 0.5) is 4.39 Å². The van der Waals surface area contributed by atoms with Crippen molar-refractivity contribution in [2.75, 3.05) is 0 Å². The maximum Gasteiger partial charge on any atom is 0.123 e. The quantitative estimate of drug-likeness (QED) is 0.858. The van der Waals surface area contributed by atoms with Crippen LogP contribution >= 0.6 is 0 Å². The van der Waals surface area contributed by atoms with Gasteiger partial charge in [-0.1, -0.05) is 18.2 Å². The largest absolute Gasteiger partial charge is 0.384 e. The van der Waals surface area contributed by atoms with E-state index < -0.39 is 6.10 Å². The Balaban J connectivity index is 2.49. The van der Waals surface area contributed by atoms with E-state index in [2.05, 4.69) is 0 Å². The van der Waals surface area contributed by atoms with Crippen molar-refractivity contribution in [2.45, 2.75) is 33.8 Å². The van der Waals surface area contributed by atoms with E-state index in [-0.39, 0.29) is 5.82 Å². The lowest BCUT2D eigenvalue weighted by Gasteiger charge is -2.18. The molecule has 1 atom stereocenters. The average Bonchev–Trinajstić information content (AvgIpc) is 2.31. The third-order valence-electron chi connectivity index (χ3n) is 3.68. The molecule has 2 aromatic carbocycles. The molecule has 0 aliphatic heterocycles. The molecule has 0 bridgehead atoms. The van der Waals surface area contributed by atoms with Gasteiger partial charge in [-0.25, -0.2) is 4.39 Å². The molecule has 1 N–H and O–H groups in total. The molecule has 19 heavy (non-hydrogen) atoms. The Bertz CT molecular complexity index is 594. The lowest BCUT2D eigenvalue weighted by Crippen LogP contribution is -2.06. The SMILES string of the molecule is Cc1ccc(C(O)c2c(C)cc(F)cc2C)cc1C. The number of rotatable bonds is 2. The van der Waals surface area contributed by atoms with Gasteiger partial charge in [0.1, 0.15) is 11.9 Å². The maximum atomic E-state index is 13.3. The lowest BCUT2D eigenvalue weighted by molar-refractivity contribution is 0.218. The van der Waals surface area contributed by atoms with Crippen molar-refractivity contribution >= 4 is 0 Å². The molecule has 0 saturated carbocycles. The monoisotopic (exact) mass is 258 g/mol. The first kappa shape index (κ1) is 13.8. The highest BCUT2D eigenvalue weighted by atomic mass is 19.1. The molecular formula is C17H19FO. The van der Waals surface area contributed by atoms with Gasteiger partial charge in [0.15, 0.2) is 0 Å². The van der Waals surface area contributed by atoms with E-state index in [1.165, 1.54) is 17.7 Å². The van der Waals surface area contributed by atoms with E-state index in [9.17, 15) is 9.50 Å². The molecular weight excluding hydrogens is 239 g/mol. The summed E-state index contributed by atoms with van der Waals surface area (Å²) in [7, 11) is 0. The average molecular weight is 258 g/mol. The van der Waals surface area contributed by atoms with E-state index in [1.807, 2.05) is 45.9 Å². The Morgan fingerprint density at radius 2 is 1.42 bits per heavy atom. The van der Waals surface area contributed by atoms with E-state index in [4.69, 9.17) is 0 Å². The van der Waals surface area contributed by atoms with Gasteiger partial charge in [0.05, 0.1) is 0 Å². The predicted octanol–water partition coefficient (Wildman–Crippen LogP) is 4.14. The minimum absolute atomic E-state index is 0.258. The minimum Gasteiger partial charge on any atom is -0.384 e. The van der Waals surface area contributed by atoms with Crippen molar-refractivity contribution < 1.29 is 9.50 Å². The first-order chi connectivity index (χ1) is 8.90. The molecule has 0 spiro atoms. The Morgan fingerprint density at radius 3 is 1.95 bits per heavy atom. The topological polar surface area (TPSA) is 20.2 Å². The van der Waals surface area contributed by atoms with Crippen LogP contribution in [-0.2, 0) is 0 Å². The zero-order valence-corrected chi connectivity index (χ0v) is 11.8. The second-order valence-corrected chi connectivity index (χ2v) is 5.20. The highest BCUT2D eigenvalue weighted by molar-refractivity contribution is 5.42. The zero-order valence-electron chi connectivity index (χ0n) is 11.8. The van der Waals surface area contributed by atoms with Crippen LogP contribution in [0.2, 0.25) is 0 Å². The molecule has 0 saturated heterocycles. The second kappa shape index (κ2) is 5.14. The fourth-order valence-corrected chi connectivity index (χ4v) is 2.45. The molecule has 2 rings (SSSR count). The van der Waals surface area contributed by atoms with Crippen LogP contribution in [0.25, 0.3) is 0 Å². The second-order valence-electron chi connectivity index (χ2n) is 5.20. The van der Waals surface area contributed by atoms with Crippen molar-refractivity contribution in [2.24, 2.45) is 0 Å². The molecule has 0 heterocycles. The molecule has 0 amide bonds. The molecule has 0 aliphatic carbocycles. The number of benzene rings is 2. The van der Waals surface area contributed by atoms with Gasteiger partial charge in [-0.3, -0.25) is 0 Å². The van der Waals surface area contributed by atoms with Gasteiger partial charge in [0.25, 0.3) is 0 Å². The normalized spacial score (nSPS) is 12.5. The van der Waals surface area contributed by atoms with Crippen molar-refractivity contribution in [3.8, 4) is 0 Å². The summed E-state index contributed by atoms with van der Waals surface area (Å²) in [6, 6.07) is 8.85. The highest BCUT2D eigenvalue weighted by Gasteiger charge is 2.16. The first-order valence-corrected chi connectivity index (χ1v) is 6.42. The molecule has 1 unspecified atom stereocenters. The summed E-state index contributed by atoms with van der Waals surface area (Å²) >= 11 is 0. The summed E-state index contributed by atoms with van der Waals surface area (Å²) in [6.07, 6.45) is -0.708. The van der Waals surface area contributed by atoms with Gasteiger partial charge >= 0.3 is 0 Å². The summed E-state index contributed by atoms with van der Waals surface area (Å²) in [6.45, 7) is 7.72. The predicted molar refractivity (Wildman–Crippen MR) is 75.9 cm³/mol. The van der Waals surface area contributed by atoms with Gasteiger partial charge in [-0.05, 0) is 73.2 Å². The molecule has 0 radical (unpaired) electrons. The molecule has 0 fully saturated rings. The Labute approximate surface area is 113 Å². The van der Waals surface area contributed by atoms with Crippen LogP contribution in [0.1, 0.15) is 39.5 Å². The number of halogens is 1. The van der Waals surface area contributed by atoms with E-state index in [0.29, 0.717) is 0 Å². The molecule has 0 aromatic heterocycles. The van der Waals surface area contributed by atoms with Gasteiger partial charge in [-0.15, -0.1) is 0 Å². The summed E-state index contributed by atoms with van der Waals surface area (Å²) in [5.74, 6) is -0.258. The smallest absolute Gasteiger partial charge is 0.123 e. The van der Waals surface area contributed by atoms with Crippen LogP contribution in [0.5, 0.6) is 0 Å². The van der Waals surface area contributed by atoms with E-state index >= 15 is 0 Å². The fourth-order valence-electron chi connectivity index (χ4n) is 2.45. The standard InChI is InChI=1S/C17H19FO/c1-10-5-6-14(7-11(10)2)17(19)16-12(3)8-15(18)9-13(16)4/h5-9,17,19H,1-4H3. The number of aryl methyl sites for hydroxylation is 4. The highest BCUT2D eigenvalue weighted by Crippen LogP contribution is 2.29. The number of hydrogen-bond donors (Lipinski definition) is 1. The number of hydrogen-bond acceptors (Lipinski definition) is 1. The Kier molecular flexibility index (Phi) is 3.72. The van der Waals surface area contributed by atoms with Gasteiger partial charge in [-0.2, -0.15) is 0 Å². The van der Waals surface area contributed by atoms with Crippen molar-refractivity contribution in [1.29, 1.82) is 0 Å². The Hall–Kier alpha value is -1.67. The van der Waals surface area contributed by atoms with Gasteiger partial charge in [0.2, 0.25) is 0 Å². The van der Waals surface area contributed by atoms with Crippen molar-refractivity contribution in [3.05, 3.63) is 69.5 Å². The van der Waals surface area contributed by atoms with Crippen molar-refractivity contribution in [3.63, 3.8) is 0 Å². The van der Waals surface area contributed by atoms with Crippen LogP contribution < -0.4 is 0 Å². The van der Waals surface area contributed by atoms with E-state index in [0.717, 1.165) is 27.8 Å². The summed E-state index contributed by atoms with van der Waals surface area (Å²) in [5, 5.41) is 10.5. The first-order valence-electron chi connectivity index (χ1n) is 6.42. The molecule has 100 valence electrons. The van der Waals surface area contributed by atoms with Crippen LogP contribution in [0.3, 0.4) is 0 Å². The van der Waals surface area contributed by atoms with Crippen molar-refractivity contribution in [1.82, 2.24) is 0 Å². The lowest BCUT2D eigenvalue weighted by atomic mass is 9.92. The Morgan fingerprint density at radius 1 is 0.842 bits per heavy atom. The molecule has 2 heteroatoms. The number of aliphatic hydroxyl groups excluding tert-OH is 1.